The fraction of sp³-hybridized carbons (Fsp3) is 0.455. The van der Waals surface area contributed by atoms with Gasteiger partial charge in [0.1, 0.15) is 5.52 Å². The van der Waals surface area contributed by atoms with Crippen LogP contribution in [0.3, 0.4) is 0 Å². The Morgan fingerprint density at radius 2 is 2.31 bits per heavy atom. The van der Waals surface area contributed by atoms with E-state index in [4.69, 9.17) is 0 Å². The van der Waals surface area contributed by atoms with Crippen molar-refractivity contribution in [3.05, 3.63) is 35.0 Å². The van der Waals surface area contributed by atoms with Crippen molar-refractivity contribution in [2.75, 3.05) is 13.1 Å². The molecule has 2 aromatic rings. The number of fused-ring (bicyclic) bond motifs is 1. The predicted molar refractivity (Wildman–Crippen MR) is 60.4 cm³/mol. The zero-order valence-corrected chi connectivity index (χ0v) is 8.97. The van der Waals surface area contributed by atoms with E-state index in [9.17, 15) is 4.79 Å². The minimum absolute atomic E-state index is 0.0484. The first-order chi connectivity index (χ1) is 7.84. The number of aromatic nitrogens is 3. The second kappa shape index (κ2) is 3.75. The van der Waals surface area contributed by atoms with E-state index in [1.54, 1.807) is 21.3 Å². The van der Waals surface area contributed by atoms with Crippen LogP contribution in [-0.2, 0) is 6.54 Å². The number of nitrogens with one attached hydrogen (secondary N) is 1. The molecule has 0 atom stereocenters. The second-order valence-corrected chi connectivity index (χ2v) is 4.27. The molecule has 84 valence electrons. The van der Waals surface area contributed by atoms with Crippen molar-refractivity contribution < 1.29 is 0 Å². The molecule has 0 bridgehead atoms. The third kappa shape index (κ3) is 1.53. The molecule has 2 aromatic heterocycles. The third-order valence-corrected chi connectivity index (χ3v) is 3.18. The van der Waals surface area contributed by atoms with Gasteiger partial charge in [-0.3, -0.25) is 4.79 Å². The highest BCUT2D eigenvalue weighted by atomic mass is 16.1. The molecule has 1 aliphatic rings. The molecule has 5 heteroatoms. The van der Waals surface area contributed by atoms with Gasteiger partial charge in [-0.1, -0.05) is 0 Å². The van der Waals surface area contributed by atoms with Crippen molar-refractivity contribution in [3.8, 4) is 0 Å². The summed E-state index contributed by atoms with van der Waals surface area (Å²) in [6.45, 7) is 2.97. The maximum Gasteiger partial charge on any atom is 0.276 e. The van der Waals surface area contributed by atoms with Crippen molar-refractivity contribution in [2.24, 2.45) is 5.92 Å². The van der Waals surface area contributed by atoms with Gasteiger partial charge in [-0.05, 0) is 31.5 Å². The standard InChI is InChI=1S/C11H14N4O/c16-11-10-1-3-13-15(10)6-5-14(11)4-2-9-7-12-8-9/h1,3,5-6,9,12H,2,4,7-8H2. The van der Waals surface area contributed by atoms with Gasteiger partial charge >= 0.3 is 0 Å². The Labute approximate surface area is 92.7 Å². The average Bonchev–Trinajstić information content (AvgIpc) is 2.67. The molecule has 3 heterocycles. The summed E-state index contributed by atoms with van der Waals surface area (Å²) in [6, 6.07) is 1.75. The SMILES string of the molecule is O=c1c2ccnn2ccn1CCC1CNC1. The van der Waals surface area contributed by atoms with Crippen LogP contribution in [0.15, 0.2) is 29.5 Å². The van der Waals surface area contributed by atoms with Gasteiger partial charge in [0.25, 0.3) is 5.56 Å². The third-order valence-electron chi connectivity index (χ3n) is 3.18. The van der Waals surface area contributed by atoms with E-state index in [0.717, 1.165) is 32.0 Å². The highest BCUT2D eigenvalue weighted by molar-refractivity contribution is 5.42. The van der Waals surface area contributed by atoms with Gasteiger partial charge in [-0.2, -0.15) is 5.10 Å². The summed E-state index contributed by atoms with van der Waals surface area (Å²) in [5, 5.41) is 7.27. The lowest BCUT2D eigenvalue weighted by Crippen LogP contribution is -2.42. The average molecular weight is 218 g/mol. The van der Waals surface area contributed by atoms with E-state index < -0.39 is 0 Å². The Bertz CT molecular complexity index is 552. The highest BCUT2D eigenvalue weighted by Gasteiger charge is 2.16. The molecular formula is C11H14N4O. The van der Waals surface area contributed by atoms with Gasteiger partial charge in [0, 0.05) is 18.9 Å². The maximum absolute atomic E-state index is 12.0. The molecule has 0 amide bonds. The van der Waals surface area contributed by atoms with Gasteiger partial charge in [0.2, 0.25) is 0 Å². The largest absolute Gasteiger partial charge is 0.316 e. The van der Waals surface area contributed by atoms with Gasteiger partial charge in [-0.25, -0.2) is 4.52 Å². The molecule has 0 radical (unpaired) electrons. The predicted octanol–water partition coefficient (Wildman–Crippen LogP) is 0.105. The van der Waals surface area contributed by atoms with Crippen LogP contribution in [0.25, 0.3) is 5.52 Å². The van der Waals surface area contributed by atoms with Crippen LogP contribution in [0.1, 0.15) is 6.42 Å². The lowest BCUT2D eigenvalue weighted by Gasteiger charge is -2.27. The van der Waals surface area contributed by atoms with Gasteiger partial charge in [0.05, 0.1) is 6.20 Å². The molecule has 16 heavy (non-hydrogen) atoms. The first kappa shape index (κ1) is 9.59. The number of hydrogen-bond acceptors (Lipinski definition) is 3. The Hall–Kier alpha value is -1.62. The van der Waals surface area contributed by atoms with Gasteiger partial charge in [-0.15, -0.1) is 0 Å². The smallest absolute Gasteiger partial charge is 0.276 e. The summed E-state index contributed by atoms with van der Waals surface area (Å²) in [6.07, 6.45) is 6.36. The Balaban J connectivity index is 1.85. The monoisotopic (exact) mass is 218 g/mol. The van der Waals surface area contributed by atoms with Crippen LogP contribution in [-0.4, -0.2) is 27.3 Å². The molecular weight excluding hydrogens is 204 g/mol. The fourth-order valence-corrected chi connectivity index (χ4v) is 2.01. The second-order valence-electron chi connectivity index (χ2n) is 4.27. The van der Waals surface area contributed by atoms with Crippen LogP contribution in [0.5, 0.6) is 0 Å². The number of rotatable bonds is 3. The summed E-state index contributed by atoms with van der Waals surface area (Å²) in [7, 11) is 0. The fourth-order valence-electron chi connectivity index (χ4n) is 2.01. The number of hydrogen-bond donors (Lipinski definition) is 1. The maximum atomic E-state index is 12.0. The molecule has 0 saturated carbocycles. The van der Waals surface area contributed by atoms with E-state index in [1.807, 2.05) is 12.4 Å². The summed E-state index contributed by atoms with van der Waals surface area (Å²) in [5.41, 5.74) is 0.696. The molecule has 5 nitrogen and oxygen atoms in total. The molecule has 0 spiro atoms. The molecule has 0 aliphatic carbocycles. The van der Waals surface area contributed by atoms with Crippen molar-refractivity contribution in [1.82, 2.24) is 19.5 Å². The van der Waals surface area contributed by atoms with Crippen LogP contribution in [0.4, 0.5) is 0 Å². The van der Waals surface area contributed by atoms with Crippen molar-refractivity contribution in [2.45, 2.75) is 13.0 Å². The Morgan fingerprint density at radius 3 is 3.06 bits per heavy atom. The lowest BCUT2D eigenvalue weighted by molar-refractivity contribution is 0.310. The Morgan fingerprint density at radius 1 is 1.44 bits per heavy atom. The van der Waals surface area contributed by atoms with Crippen molar-refractivity contribution >= 4 is 5.52 Å². The number of aryl methyl sites for hydroxylation is 1. The molecule has 1 N–H and O–H groups in total. The quantitative estimate of drug-likeness (QED) is 0.795. The lowest BCUT2D eigenvalue weighted by atomic mass is 10.00. The molecule has 1 saturated heterocycles. The topological polar surface area (TPSA) is 51.3 Å². The first-order valence-corrected chi connectivity index (χ1v) is 5.58. The van der Waals surface area contributed by atoms with Crippen molar-refractivity contribution in [1.29, 1.82) is 0 Å². The summed E-state index contributed by atoms with van der Waals surface area (Å²) >= 11 is 0. The first-order valence-electron chi connectivity index (χ1n) is 5.58. The van der Waals surface area contributed by atoms with Crippen LogP contribution >= 0.6 is 0 Å². The summed E-state index contributed by atoms with van der Waals surface area (Å²) in [5.74, 6) is 0.730. The summed E-state index contributed by atoms with van der Waals surface area (Å²) < 4.78 is 3.39. The molecule has 3 rings (SSSR count). The minimum atomic E-state index is 0.0484. The van der Waals surface area contributed by atoms with Crippen molar-refractivity contribution in [3.63, 3.8) is 0 Å². The van der Waals surface area contributed by atoms with E-state index in [2.05, 4.69) is 10.4 Å². The van der Waals surface area contributed by atoms with E-state index in [-0.39, 0.29) is 5.56 Å². The van der Waals surface area contributed by atoms with Gasteiger partial charge < -0.3 is 9.88 Å². The van der Waals surface area contributed by atoms with E-state index >= 15 is 0 Å². The minimum Gasteiger partial charge on any atom is -0.316 e. The van der Waals surface area contributed by atoms with E-state index in [1.165, 1.54) is 0 Å². The normalized spacial score (nSPS) is 16.5. The zero-order chi connectivity index (χ0) is 11.0. The zero-order valence-electron chi connectivity index (χ0n) is 8.97. The van der Waals surface area contributed by atoms with E-state index in [0.29, 0.717) is 5.52 Å². The Kier molecular flexibility index (Phi) is 2.25. The number of nitrogens with zero attached hydrogens (tertiary/aromatic N) is 3. The molecule has 0 unspecified atom stereocenters. The molecule has 1 fully saturated rings. The molecule has 1 aliphatic heterocycles. The van der Waals surface area contributed by atoms with Gasteiger partial charge in [0.15, 0.2) is 0 Å². The summed E-state index contributed by atoms with van der Waals surface area (Å²) in [4.78, 5) is 12.0. The highest BCUT2D eigenvalue weighted by Crippen LogP contribution is 2.09. The molecule has 0 aromatic carbocycles. The van der Waals surface area contributed by atoms with Crippen LogP contribution < -0.4 is 10.9 Å². The van der Waals surface area contributed by atoms with Crippen LogP contribution in [0.2, 0.25) is 0 Å². The van der Waals surface area contributed by atoms with Crippen LogP contribution in [0, 0.1) is 5.92 Å².